The molecule has 0 bridgehead atoms. The van der Waals surface area contributed by atoms with Crippen LogP contribution in [-0.2, 0) is 4.79 Å². The number of aliphatic carboxylic acids is 1. The van der Waals surface area contributed by atoms with Crippen molar-refractivity contribution in [2.75, 3.05) is 0 Å². The maximum absolute atomic E-state index is 11.0. The third-order valence-corrected chi connectivity index (χ3v) is 2.57. The zero-order valence-electron chi connectivity index (χ0n) is 9.45. The Morgan fingerprint density at radius 1 is 1.41 bits per heavy atom. The number of hydrogen-bond donors (Lipinski definition) is 1. The first-order valence-electron chi connectivity index (χ1n) is 5.42. The fraction of sp³-hybridized carbons (Fsp3) is 0.250. The second-order valence-corrected chi connectivity index (χ2v) is 3.71. The topological polar surface area (TPSA) is 68.0 Å². The molecule has 0 fully saturated rings. The van der Waals surface area contributed by atoms with Gasteiger partial charge in [-0.05, 0) is 6.42 Å². The van der Waals surface area contributed by atoms with Gasteiger partial charge in [0, 0.05) is 5.56 Å². The fourth-order valence-electron chi connectivity index (χ4n) is 1.65. The summed E-state index contributed by atoms with van der Waals surface area (Å²) in [4.78, 5) is 11.0. The number of aromatic nitrogens is 3. The van der Waals surface area contributed by atoms with Crippen LogP contribution in [0.25, 0.3) is 11.3 Å². The zero-order valence-corrected chi connectivity index (χ0v) is 9.45. The van der Waals surface area contributed by atoms with Gasteiger partial charge in [0.25, 0.3) is 0 Å². The Bertz CT molecular complexity index is 507. The van der Waals surface area contributed by atoms with E-state index in [1.165, 1.54) is 4.68 Å². The van der Waals surface area contributed by atoms with Gasteiger partial charge < -0.3 is 5.11 Å². The highest BCUT2D eigenvalue weighted by molar-refractivity contribution is 5.71. The predicted molar refractivity (Wildman–Crippen MR) is 62.4 cm³/mol. The van der Waals surface area contributed by atoms with Gasteiger partial charge in [-0.1, -0.05) is 42.5 Å². The van der Waals surface area contributed by atoms with Gasteiger partial charge in [-0.3, -0.25) is 0 Å². The van der Waals surface area contributed by atoms with Crippen LogP contribution in [0.15, 0.2) is 36.5 Å². The molecule has 1 atom stereocenters. The molecule has 1 aromatic carbocycles. The molecule has 17 heavy (non-hydrogen) atoms. The minimum Gasteiger partial charge on any atom is -0.480 e. The van der Waals surface area contributed by atoms with Crippen molar-refractivity contribution in [1.82, 2.24) is 15.0 Å². The number of rotatable bonds is 4. The molecule has 5 nitrogen and oxygen atoms in total. The Balaban J connectivity index is 2.30. The van der Waals surface area contributed by atoms with E-state index in [9.17, 15) is 4.79 Å². The number of nitrogens with zero attached hydrogens (tertiary/aromatic N) is 3. The van der Waals surface area contributed by atoms with Gasteiger partial charge in [-0.2, -0.15) is 0 Å². The summed E-state index contributed by atoms with van der Waals surface area (Å²) in [5, 5.41) is 16.9. The first-order valence-corrected chi connectivity index (χ1v) is 5.42. The number of carboxylic acid groups (broad SMARTS) is 1. The van der Waals surface area contributed by atoms with Crippen LogP contribution in [0, 0.1) is 0 Å². The Kier molecular flexibility index (Phi) is 3.18. The van der Waals surface area contributed by atoms with Crippen LogP contribution in [0.1, 0.15) is 19.4 Å². The van der Waals surface area contributed by atoms with E-state index in [-0.39, 0.29) is 0 Å². The van der Waals surface area contributed by atoms with Crippen LogP contribution in [0.3, 0.4) is 0 Å². The van der Waals surface area contributed by atoms with Crippen LogP contribution in [-0.4, -0.2) is 26.1 Å². The molecule has 0 aliphatic heterocycles. The molecule has 88 valence electrons. The Hall–Kier alpha value is -2.17. The maximum Gasteiger partial charge on any atom is 0.328 e. The highest BCUT2D eigenvalue weighted by atomic mass is 16.4. The SMILES string of the molecule is CCC(C(=O)O)n1cc(-c2ccccc2)nn1. The van der Waals surface area contributed by atoms with Crippen molar-refractivity contribution < 1.29 is 9.90 Å². The molecular weight excluding hydrogens is 218 g/mol. The summed E-state index contributed by atoms with van der Waals surface area (Å²) in [5.41, 5.74) is 1.62. The lowest BCUT2D eigenvalue weighted by Crippen LogP contribution is -2.18. The summed E-state index contributed by atoms with van der Waals surface area (Å²) in [5.74, 6) is -0.892. The molecule has 2 aromatic rings. The maximum atomic E-state index is 11.0. The summed E-state index contributed by atoms with van der Waals surface area (Å²) in [6.45, 7) is 1.81. The second-order valence-electron chi connectivity index (χ2n) is 3.71. The summed E-state index contributed by atoms with van der Waals surface area (Å²) in [6.07, 6.45) is 2.14. The Morgan fingerprint density at radius 3 is 2.71 bits per heavy atom. The molecule has 1 aromatic heterocycles. The van der Waals surface area contributed by atoms with Crippen molar-refractivity contribution in [2.24, 2.45) is 0 Å². The summed E-state index contributed by atoms with van der Waals surface area (Å²) >= 11 is 0. The molecule has 1 N–H and O–H groups in total. The van der Waals surface area contributed by atoms with Crippen molar-refractivity contribution in [3.63, 3.8) is 0 Å². The van der Waals surface area contributed by atoms with E-state index < -0.39 is 12.0 Å². The van der Waals surface area contributed by atoms with Gasteiger partial charge >= 0.3 is 5.97 Å². The van der Waals surface area contributed by atoms with Crippen LogP contribution < -0.4 is 0 Å². The molecule has 0 aliphatic carbocycles. The summed E-state index contributed by atoms with van der Waals surface area (Å²) in [6, 6.07) is 8.90. The van der Waals surface area contributed by atoms with Crippen molar-refractivity contribution in [3.05, 3.63) is 36.5 Å². The molecule has 5 heteroatoms. The van der Waals surface area contributed by atoms with Crippen LogP contribution >= 0.6 is 0 Å². The van der Waals surface area contributed by atoms with E-state index in [1.54, 1.807) is 6.20 Å². The van der Waals surface area contributed by atoms with Crippen molar-refractivity contribution in [2.45, 2.75) is 19.4 Å². The van der Waals surface area contributed by atoms with E-state index in [1.807, 2.05) is 37.3 Å². The van der Waals surface area contributed by atoms with Crippen LogP contribution in [0.2, 0.25) is 0 Å². The third kappa shape index (κ3) is 2.33. The monoisotopic (exact) mass is 231 g/mol. The first-order chi connectivity index (χ1) is 8.22. The standard InChI is InChI=1S/C12H13N3O2/c1-2-11(12(16)17)15-8-10(13-14-15)9-6-4-3-5-7-9/h3-8,11H,2H2,1H3,(H,16,17). The average molecular weight is 231 g/mol. The highest BCUT2D eigenvalue weighted by Gasteiger charge is 2.18. The van der Waals surface area contributed by atoms with Gasteiger partial charge in [0.1, 0.15) is 5.69 Å². The average Bonchev–Trinajstić information content (AvgIpc) is 2.80. The van der Waals surface area contributed by atoms with Crippen molar-refractivity contribution in [1.29, 1.82) is 0 Å². The lowest BCUT2D eigenvalue weighted by atomic mass is 10.2. The van der Waals surface area contributed by atoms with Crippen LogP contribution in [0.5, 0.6) is 0 Å². The fourth-order valence-corrected chi connectivity index (χ4v) is 1.65. The Morgan fingerprint density at radius 2 is 2.12 bits per heavy atom. The van der Waals surface area contributed by atoms with E-state index in [4.69, 9.17) is 5.11 Å². The lowest BCUT2D eigenvalue weighted by molar-refractivity contribution is -0.141. The third-order valence-electron chi connectivity index (χ3n) is 2.57. The first kappa shape index (κ1) is 11.3. The number of carboxylic acids is 1. The minimum absolute atomic E-state index is 0.479. The molecule has 1 heterocycles. The molecule has 0 saturated heterocycles. The van der Waals surface area contributed by atoms with E-state index >= 15 is 0 Å². The van der Waals surface area contributed by atoms with Crippen LogP contribution in [0.4, 0.5) is 0 Å². The smallest absolute Gasteiger partial charge is 0.328 e. The van der Waals surface area contributed by atoms with Crippen molar-refractivity contribution in [3.8, 4) is 11.3 Å². The lowest BCUT2D eigenvalue weighted by Gasteiger charge is -2.07. The molecule has 2 rings (SSSR count). The van der Waals surface area contributed by atoms with Gasteiger partial charge in [-0.15, -0.1) is 5.10 Å². The van der Waals surface area contributed by atoms with Gasteiger partial charge in [0.15, 0.2) is 6.04 Å². The molecule has 1 unspecified atom stereocenters. The quantitative estimate of drug-likeness (QED) is 0.873. The number of carbonyl (C=O) groups is 1. The number of hydrogen-bond acceptors (Lipinski definition) is 3. The molecule has 0 aliphatic rings. The van der Waals surface area contributed by atoms with E-state index in [0.717, 1.165) is 5.56 Å². The largest absolute Gasteiger partial charge is 0.480 e. The minimum atomic E-state index is -0.892. The van der Waals surface area contributed by atoms with E-state index in [2.05, 4.69) is 10.3 Å². The number of benzene rings is 1. The normalized spacial score (nSPS) is 12.3. The molecule has 0 amide bonds. The zero-order chi connectivity index (χ0) is 12.3. The molecule has 0 spiro atoms. The highest BCUT2D eigenvalue weighted by Crippen LogP contribution is 2.18. The molecule has 0 saturated carbocycles. The molecular formula is C12H13N3O2. The van der Waals surface area contributed by atoms with Gasteiger partial charge in [0.05, 0.1) is 6.20 Å². The second kappa shape index (κ2) is 4.78. The molecule has 0 radical (unpaired) electrons. The predicted octanol–water partition coefficient (Wildman–Crippen LogP) is 1.98. The van der Waals surface area contributed by atoms with Gasteiger partial charge in [-0.25, -0.2) is 9.48 Å². The van der Waals surface area contributed by atoms with Gasteiger partial charge in [0.2, 0.25) is 0 Å². The Labute approximate surface area is 98.7 Å². The summed E-state index contributed by atoms with van der Waals surface area (Å²) < 4.78 is 1.39. The summed E-state index contributed by atoms with van der Waals surface area (Å²) in [7, 11) is 0. The van der Waals surface area contributed by atoms with Crippen molar-refractivity contribution >= 4 is 5.97 Å². The van der Waals surface area contributed by atoms with E-state index in [0.29, 0.717) is 12.1 Å².